The Morgan fingerprint density at radius 3 is 2.58 bits per heavy atom. The SMILES string of the molecule is CNC1CCCC1CCS(=O)(=O)c1ccc(Cl)cc1. The van der Waals surface area contributed by atoms with Gasteiger partial charge in [-0.2, -0.15) is 0 Å². The molecule has 0 saturated heterocycles. The van der Waals surface area contributed by atoms with Crippen molar-refractivity contribution in [1.82, 2.24) is 5.32 Å². The van der Waals surface area contributed by atoms with Crippen LogP contribution in [-0.4, -0.2) is 27.3 Å². The summed E-state index contributed by atoms with van der Waals surface area (Å²) >= 11 is 5.78. The van der Waals surface area contributed by atoms with Gasteiger partial charge in [0.15, 0.2) is 9.84 Å². The highest BCUT2D eigenvalue weighted by molar-refractivity contribution is 7.91. The topological polar surface area (TPSA) is 46.2 Å². The van der Waals surface area contributed by atoms with E-state index in [0.717, 1.165) is 19.3 Å². The molecule has 1 aliphatic rings. The second-order valence-electron chi connectivity index (χ2n) is 5.15. The molecule has 0 aromatic heterocycles. The van der Waals surface area contributed by atoms with E-state index in [0.29, 0.717) is 21.9 Å². The molecule has 1 N–H and O–H groups in total. The van der Waals surface area contributed by atoms with Crippen LogP contribution < -0.4 is 5.32 Å². The van der Waals surface area contributed by atoms with E-state index in [1.54, 1.807) is 24.3 Å². The van der Waals surface area contributed by atoms with Gasteiger partial charge in [-0.25, -0.2) is 8.42 Å². The van der Waals surface area contributed by atoms with Crippen molar-refractivity contribution in [2.45, 2.75) is 36.6 Å². The van der Waals surface area contributed by atoms with Crippen molar-refractivity contribution in [2.75, 3.05) is 12.8 Å². The Bertz CT molecular complexity index is 513. The fraction of sp³-hybridized carbons (Fsp3) is 0.571. The second kappa shape index (κ2) is 6.25. The van der Waals surface area contributed by atoms with Gasteiger partial charge in [-0.05, 0) is 56.5 Å². The van der Waals surface area contributed by atoms with Gasteiger partial charge < -0.3 is 5.32 Å². The predicted octanol–water partition coefficient (Wildman–Crippen LogP) is 2.89. The van der Waals surface area contributed by atoms with Crippen LogP contribution in [0, 0.1) is 5.92 Å². The summed E-state index contributed by atoms with van der Waals surface area (Å²) in [6, 6.07) is 6.89. The standard InChI is InChI=1S/C14H20ClNO2S/c1-16-14-4-2-3-11(14)9-10-19(17,18)13-7-5-12(15)6-8-13/h5-8,11,14,16H,2-4,9-10H2,1H3. The number of rotatable bonds is 5. The average Bonchev–Trinajstić information content (AvgIpc) is 2.84. The zero-order valence-corrected chi connectivity index (χ0v) is 12.7. The van der Waals surface area contributed by atoms with E-state index in [-0.39, 0.29) is 5.75 Å². The molecule has 1 aliphatic carbocycles. The summed E-state index contributed by atoms with van der Waals surface area (Å²) in [5, 5.41) is 3.85. The Hall–Kier alpha value is -0.580. The Balaban J connectivity index is 2.00. The van der Waals surface area contributed by atoms with E-state index in [2.05, 4.69) is 5.32 Å². The quantitative estimate of drug-likeness (QED) is 0.909. The summed E-state index contributed by atoms with van der Waals surface area (Å²) in [7, 11) is -1.23. The first kappa shape index (κ1) is 14.8. The van der Waals surface area contributed by atoms with Crippen LogP contribution in [0.3, 0.4) is 0 Å². The van der Waals surface area contributed by atoms with Gasteiger partial charge in [0.25, 0.3) is 0 Å². The third-order valence-corrected chi connectivity index (χ3v) is 5.98. The highest BCUT2D eigenvalue weighted by atomic mass is 35.5. The molecule has 1 aromatic rings. The molecule has 1 saturated carbocycles. The van der Waals surface area contributed by atoms with Gasteiger partial charge in [0.1, 0.15) is 0 Å². The van der Waals surface area contributed by atoms with Crippen molar-refractivity contribution in [3.63, 3.8) is 0 Å². The van der Waals surface area contributed by atoms with Gasteiger partial charge in [0.05, 0.1) is 10.6 Å². The largest absolute Gasteiger partial charge is 0.317 e. The number of sulfone groups is 1. The molecule has 2 rings (SSSR count). The van der Waals surface area contributed by atoms with Crippen LogP contribution in [0.2, 0.25) is 5.02 Å². The number of hydrogen-bond donors (Lipinski definition) is 1. The van der Waals surface area contributed by atoms with Crippen LogP contribution in [0.5, 0.6) is 0 Å². The van der Waals surface area contributed by atoms with E-state index in [4.69, 9.17) is 11.6 Å². The molecule has 5 heteroatoms. The van der Waals surface area contributed by atoms with Gasteiger partial charge in [0.2, 0.25) is 0 Å². The van der Waals surface area contributed by atoms with Crippen molar-refractivity contribution in [3.05, 3.63) is 29.3 Å². The van der Waals surface area contributed by atoms with E-state index < -0.39 is 9.84 Å². The molecule has 0 radical (unpaired) electrons. The molecular formula is C14H20ClNO2S. The van der Waals surface area contributed by atoms with Crippen LogP contribution >= 0.6 is 11.6 Å². The van der Waals surface area contributed by atoms with Crippen LogP contribution in [0.15, 0.2) is 29.2 Å². The summed E-state index contributed by atoms with van der Waals surface area (Å²) in [6.07, 6.45) is 4.21. The molecule has 2 unspecified atom stereocenters. The van der Waals surface area contributed by atoms with E-state index >= 15 is 0 Å². The minimum Gasteiger partial charge on any atom is -0.317 e. The molecule has 19 heavy (non-hydrogen) atoms. The molecule has 0 aliphatic heterocycles. The lowest BCUT2D eigenvalue weighted by atomic mass is 10.0. The number of benzene rings is 1. The molecule has 0 amide bonds. The maximum Gasteiger partial charge on any atom is 0.178 e. The molecule has 2 atom stereocenters. The third-order valence-electron chi connectivity index (χ3n) is 3.96. The van der Waals surface area contributed by atoms with Crippen LogP contribution in [0.1, 0.15) is 25.7 Å². The van der Waals surface area contributed by atoms with Crippen LogP contribution in [-0.2, 0) is 9.84 Å². The van der Waals surface area contributed by atoms with Crippen LogP contribution in [0.25, 0.3) is 0 Å². The van der Waals surface area contributed by atoms with Gasteiger partial charge in [-0.15, -0.1) is 0 Å². The van der Waals surface area contributed by atoms with Crippen molar-refractivity contribution < 1.29 is 8.42 Å². The van der Waals surface area contributed by atoms with Crippen molar-refractivity contribution >= 4 is 21.4 Å². The molecule has 1 aromatic carbocycles. The molecule has 3 nitrogen and oxygen atoms in total. The number of nitrogens with one attached hydrogen (secondary N) is 1. The fourth-order valence-corrected chi connectivity index (χ4v) is 4.35. The lowest BCUT2D eigenvalue weighted by molar-refractivity contribution is 0.414. The minimum atomic E-state index is -3.18. The van der Waals surface area contributed by atoms with Gasteiger partial charge in [0, 0.05) is 11.1 Å². The Labute approximate surface area is 120 Å². The molecule has 1 fully saturated rings. The fourth-order valence-electron chi connectivity index (χ4n) is 2.83. The maximum absolute atomic E-state index is 12.2. The predicted molar refractivity (Wildman–Crippen MR) is 78.3 cm³/mol. The van der Waals surface area contributed by atoms with Crippen molar-refractivity contribution in [2.24, 2.45) is 5.92 Å². The van der Waals surface area contributed by atoms with Gasteiger partial charge in [-0.3, -0.25) is 0 Å². The third kappa shape index (κ3) is 3.71. The zero-order valence-electron chi connectivity index (χ0n) is 11.1. The smallest absolute Gasteiger partial charge is 0.178 e. The molecule has 106 valence electrons. The Morgan fingerprint density at radius 1 is 1.26 bits per heavy atom. The lowest BCUT2D eigenvalue weighted by Crippen LogP contribution is -2.30. The van der Waals surface area contributed by atoms with Crippen LogP contribution in [0.4, 0.5) is 0 Å². The van der Waals surface area contributed by atoms with E-state index in [9.17, 15) is 8.42 Å². The molecule has 0 heterocycles. The molecule has 0 spiro atoms. The normalized spacial score (nSPS) is 23.7. The van der Waals surface area contributed by atoms with Crippen molar-refractivity contribution in [1.29, 1.82) is 0 Å². The highest BCUT2D eigenvalue weighted by Crippen LogP contribution is 2.29. The van der Waals surface area contributed by atoms with Gasteiger partial charge >= 0.3 is 0 Å². The van der Waals surface area contributed by atoms with E-state index in [1.807, 2.05) is 7.05 Å². The summed E-state index contributed by atoms with van der Waals surface area (Å²) in [5.41, 5.74) is 0. The Morgan fingerprint density at radius 2 is 1.95 bits per heavy atom. The Kier molecular flexibility index (Phi) is 4.87. The summed E-state index contributed by atoms with van der Waals surface area (Å²) in [4.78, 5) is 0.371. The second-order valence-corrected chi connectivity index (χ2v) is 7.69. The van der Waals surface area contributed by atoms with E-state index in [1.165, 1.54) is 6.42 Å². The average molecular weight is 302 g/mol. The summed E-state index contributed by atoms with van der Waals surface area (Å²) < 4.78 is 24.5. The lowest BCUT2D eigenvalue weighted by Gasteiger charge is -2.18. The first-order chi connectivity index (χ1) is 9.03. The van der Waals surface area contributed by atoms with Crippen molar-refractivity contribution in [3.8, 4) is 0 Å². The minimum absolute atomic E-state index is 0.220. The molecule has 0 bridgehead atoms. The highest BCUT2D eigenvalue weighted by Gasteiger charge is 2.27. The molecular weight excluding hydrogens is 282 g/mol. The first-order valence-electron chi connectivity index (χ1n) is 6.68. The summed E-state index contributed by atoms with van der Waals surface area (Å²) in [5.74, 6) is 0.698. The first-order valence-corrected chi connectivity index (χ1v) is 8.71. The maximum atomic E-state index is 12.2. The van der Waals surface area contributed by atoms with Gasteiger partial charge in [-0.1, -0.05) is 18.0 Å². The number of halogens is 1. The zero-order chi connectivity index (χ0) is 13.9. The summed E-state index contributed by atoms with van der Waals surface area (Å²) in [6.45, 7) is 0. The monoisotopic (exact) mass is 301 g/mol. The number of hydrogen-bond acceptors (Lipinski definition) is 3.